The lowest BCUT2D eigenvalue weighted by molar-refractivity contribution is 1.22. The molecule has 4 nitrogen and oxygen atoms in total. The summed E-state index contributed by atoms with van der Waals surface area (Å²) in [5.41, 5.74) is 1.62. The van der Waals surface area contributed by atoms with E-state index >= 15 is 0 Å². The van der Waals surface area contributed by atoms with E-state index in [4.69, 9.17) is 0 Å². The second-order valence-electron chi connectivity index (χ2n) is 3.35. The van der Waals surface area contributed by atoms with Crippen molar-refractivity contribution in [1.82, 2.24) is 19.3 Å². The van der Waals surface area contributed by atoms with E-state index in [0.717, 1.165) is 16.4 Å². The molecule has 0 fully saturated rings. The van der Waals surface area contributed by atoms with Crippen LogP contribution in [0.5, 0.6) is 0 Å². The summed E-state index contributed by atoms with van der Waals surface area (Å²) < 4.78 is 4.29. The lowest BCUT2D eigenvalue weighted by Gasteiger charge is -1.92. The standard InChI is InChI=1S/C12H8N4S/c1-3-7-13-9(5-1)11-15-12(17-16-11)10-6-2-4-8-14-10/h1-8H. The Morgan fingerprint density at radius 1 is 0.824 bits per heavy atom. The molecule has 0 radical (unpaired) electrons. The zero-order valence-electron chi connectivity index (χ0n) is 8.82. The minimum atomic E-state index is 0.649. The highest BCUT2D eigenvalue weighted by atomic mass is 32.1. The Hall–Kier alpha value is -2.14. The second kappa shape index (κ2) is 4.39. The van der Waals surface area contributed by atoms with Gasteiger partial charge in [0.25, 0.3) is 0 Å². The Morgan fingerprint density at radius 2 is 1.53 bits per heavy atom. The third-order valence-electron chi connectivity index (χ3n) is 2.20. The molecule has 82 valence electrons. The molecule has 0 bridgehead atoms. The van der Waals surface area contributed by atoms with Gasteiger partial charge in [-0.3, -0.25) is 9.97 Å². The van der Waals surface area contributed by atoms with Crippen LogP contribution in [0.15, 0.2) is 48.8 Å². The Morgan fingerprint density at radius 3 is 2.18 bits per heavy atom. The predicted octanol–water partition coefficient (Wildman–Crippen LogP) is 2.66. The van der Waals surface area contributed by atoms with Crippen LogP contribution in [0.1, 0.15) is 0 Å². The molecule has 3 heterocycles. The van der Waals surface area contributed by atoms with Crippen LogP contribution < -0.4 is 0 Å². The van der Waals surface area contributed by atoms with Crippen LogP contribution >= 0.6 is 11.5 Å². The van der Waals surface area contributed by atoms with Gasteiger partial charge in [-0.2, -0.15) is 4.37 Å². The van der Waals surface area contributed by atoms with Gasteiger partial charge in [0, 0.05) is 12.4 Å². The van der Waals surface area contributed by atoms with Crippen LogP contribution in [0.2, 0.25) is 0 Å². The topological polar surface area (TPSA) is 51.6 Å². The molecule has 0 saturated carbocycles. The maximum absolute atomic E-state index is 4.43. The lowest BCUT2D eigenvalue weighted by Crippen LogP contribution is -1.85. The summed E-state index contributed by atoms with van der Waals surface area (Å²) in [6, 6.07) is 11.4. The van der Waals surface area contributed by atoms with Crippen molar-refractivity contribution >= 4 is 11.5 Å². The normalized spacial score (nSPS) is 10.4. The zero-order valence-corrected chi connectivity index (χ0v) is 9.63. The second-order valence-corrected chi connectivity index (χ2v) is 4.10. The molecular weight excluding hydrogens is 232 g/mol. The van der Waals surface area contributed by atoms with Crippen LogP contribution in [0.3, 0.4) is 0 Å². The van der Waals surface area contributed by atoms with E-state index in [-0.39, 0.29) is 0 Å². The molecule has 0 aromatic carbocycles. The van der Waals surface area contributed by atoms with E-state index in [1.807, 2.05) is 36.4 Å². The van der Waals surface area contributed by atoms with Crippen molar-refractivity contribution in [3.05, 3.63) is 48.8 Å². The Kier molecular flexibility index (Phi) is 2.59. The van der Waals surface area contributed by atoms with Gasteiger partial charge in [0.2, 0.25) is 0 Å². The van der Waals surface area contributed by atoms with Gasteiger partial charge >= 0.3 is 0 Å². The molecule has 0 saturated heterocycles. The van der Waals surface area contributed by atoms with Gasteiger partial charge < -0.3 is 0 Å². The van der Waals surface area contributed by atoms with Crippen LogP contribution in [0.25, 0.3) is 22.2 Å². The van der Waals surface area contributed by atoms with Crippen LogP contribution in [0, 0.1) is 0 Å². The highest BCUT2D eigenvalue weighted by Gasteiger charge is 2.09. The van der Waals surface area contributed by atoms with Gasteiger partial charge in [-0.05, 0) is 35.8 Å². The first-order valence-corrected chi connectivity index (χ1v) is 5.87. The number of pyridine rings is 2. The predicted molar refractivity (Wildman–Crippen MR) is 66.4 cm³/mol. The summed E-state index contributed by atoms with van der Waals surface area (Å²) in [5, 5.41) is 0.811. The number of aromatic nitrogens is 4. The van der Waals surface area contributed by atoms with Gasteiger partial charge in [-0.25, -0.2) is 4.98 Å². The van der Waals surface area contributed by atoms with Gasteiger partial charge in [0.15, 0.2) is 10.8 Å². The molecule has 3 aromatic rings. The Labute approximate surface area is 102 Å². The van der Waals surface area contributed by atoms with E-state index in [2.05, 4.69) is 19.3 Å². The third-order valence-corrected chi connectivity index (χ3v) is 2.94. The molecular formula is C12H8N4S. The molecule has 0 atom stereocenters. The average Bonchev–Trinajstić information content (AvgIpc) is 2.90. The van der Waals surface area contributed by atoms with Gasteiger partial charge in [0.05, 0.1) is 0 Å². The highest BCUT2D eigenvalue weighted by Crippen LogP contribution is 2.22. The highest BCUT2D eigenvalue weighted by molar-refractivity contribution is 7.09. The summed E-state index contributed by atoms with van der Waals surface area (Å²) >= 11 is 1.33. The first-order valence-electron chi connectivity index (χ1n) is 5.10. The lowest BCUT2D eigenvalue weighted by atomic mass is 10.3. The maximum Gasteiger partial charge on any atom is 0.192 e. The van der Waals surface area contributed by atoms with E-state index in [1.54, 1.807) is 12.4 Å². The smallest absolute Gasteiger partial charge is 0.192 e. The van der Waals surface area contributed by atoms with E-state index in [1.165, 1.54) is 11.5 Å². The van der Waals surface area contributed by atoms with Crippen molar-refractivity contribution in [3.63, 3.8) is 0 Å². The van der Waals surface area contributed by atoms with Crippen molar-refractivity contribution in [2.24, 2.45) is 0 Å². The fraction of sp³-hybridized carbons (Fsp3) is 0. The minimum absolute atomic E-state index is 0.649. The SMILES string of the molecule is c1ccc(-c2nsc(-c3ccccn3)n2)nc1. The summed E-state index contributed by atoms with van der Waals surface area (Å²) in [6.07, 6.45) is 3.48. The van der Waals surface area contributed by atoms with Crippen molar-refractivity contribution < 1.29 is 0 Å². The monoisotopic (exact) mass is 240 g/mol. The molecule has 0 amide bonds. The number of rotatable bonds is 2. The first kappa shape index (κ1) is 10.0. The maximum atomic E-state index is 4.43. The summed E-state index contributed by atoms with van der Waals surface area (Å²) in [6.45, 7) is 0. The van der Waals surface area contributed by atoms with Crippen LogP contribution in [-0.4, -0.2) is 19.3 Å². The molecule has 0 aliphatic rings. The molecule has 0 N–H and O–H groups in total. The van der Waals surface area contributed by atoms with E-state index in [0.29, 0.717) is 5.82 Å². The third kappa shape index (κ3) is 2.05. The number of hydrogen-bond donors (Lipinski definition) is 0. The molecule has 3 aromatic heterocycles. The summed E-state index contributed by atoms with van der Waals surface area (Å²) in [7, 11) is 0. The molecule has 0 aliphatic carbocycles. The molecule has 3 rings (SSSR count). The van der Waals surface area contributed by atoms with Gasteiger partial charge in [-0.1, -0.05) is 12.1 Å². The van der Waals surface area contributed by atoms with E-state index in [9.17, 15) is 0 Å². The van der Waals surface area contributed by atoms with Crippen molar-refractivity contribution in [2.45, 2.75) is 0 Å². The minimum Gasteiger partial charge on any atom is -0.254 e. The zero-order chi connectivity index (χ0) is 11.5. The van der Waals surface area contributed by atoms with Crippen LogP contribution in [0.4, 0.5) is 0 Å². The molecule has 0 aliphatic heterocycles. The number of hydrogen-bond acceptors (Lipinski definition) is 5. The fourth-order valence-electron chi connectivity index (χ4n) is 1.42. The Bertz CT molecular complexity index is 553. The largest absolute Gasteiger partial charge is 0.254 e. The Balaban J connectivity index is 1.99. The van der Waals surface area contributed by atoms with Gasteiger partial charge in [0.1, 0.15) is 11.4 Å². The van der Waals surface area contributed by atoms with E-state index < -0.39 is 0 Å². The van der Waals surface area contributed by atoms with Crippen molar-refractivity contribution in [1.29, 1.82) is 0 Å². The number of nitrogens with zero attached hydrogens (tertiary/aromatic N) is 4. The molecule has 5 heteroatoms. The quantitative estimate of drug-likeness (QED) is 0.691. The molecule has 0 unspecified atom stereocenters. The van der Waals surface area contributed by atoms with Crippen LogP contribution in [-0.2, 0) is 0 Å². The average molecular weight is 240 g/mol. The van der Waals surface area contributed by atoms with Crippen molar-refractivity contribution in [2.75, 3.05) is 0 Å². The van der Waals surface area contributed by atoms with Gasteiger partial charge in [-0.15, -0.1) is 0 Å². The first-order chi connectivity index (χ1) is 8.43. The van der Waals surface area contributed by atoms with Crippen molar-refractivity contribution in [3.8, 4) is 22.2 Å². The molecule has 17 heavy (non-hydrogen) atoms. The summed E-state index contributed by atoms with van der Waals surface area (Å²) in [4.78, 5) is 12.9. The fourth-order valence-corrected chi connectivity index (χ4v) is 2.06. The molecule has 0 spiro atoms. The summed E-state index contributed by atoms with van der Waals surface area (Å²) in [5.74, 6) is 0.649.